The Kier molecular flexibility index (Phi) is 11.8. The van der Waals surface area contributed by atoms with Crippen LogP contribution in [0.1, 0.15) is 33.1 Å². The number of halogens is 7. The molecule has 1 aliphatic rings. The first-order chi connectivity index (χ1) is 18.7. The summed E-state index contributed by atoms with van der Waals surface area (Å²) in [6.07, 6.45) is -4.50. The van der Waals surface area contributed by atoms with E-state index >= 15 is 0 Å². The molecule has 0 heterocycles. The first kappa shape index (κ1) is 32.9. The number of guanidine groups is 1. The topological polar surface area (TPSA) is 101 Å². The van der Waals surface area contributed by atoms with E-state index in [-0.39, 0.29) is 5.96 Å². The molecule has 7 nitrogen and oxygen atoms in total. The lowest BCUT2D eigenvalue weighted by molar-refractivity contribution is -0.360. The highest BCUT2D eigenvalue weighted by molar-refractivity contribution is 6.38. The van der Waals surface area contributed by atoms with Crippen molar-refractivity contribution < 1.29 is 26.7 Å². The quantitative estimate of drug-likeness (QED) is 0.0985. The van der Waals surface area contributed by atoms with Crippen LogP contribution in [0.25, 0.3) is 0 Å². The molecule has 1 unspecified atom stereocenters. The minimum absolute atomic E-state index is 0.0509. The van der Waals surface area contributed by atoms with Gasteiger partial charge in [-0.25, -0.2) is 15.8 Å². The van der Waals surface area contributed by atoms with E-state index in [0.717, 1.165) is 42.7 Å². The van der Waals surface area contributed by atoms with Gasteiger partial charge in [-0.2, -0.15) is 27.1 Å². The van der Waals surface area contributed by atoms with Crippen molar-refractivity contribution in [2.24, 2.45) is 27.6 Å². The van der Waals surface area contributed by atoms with Gasteiger partial charge in [-0.15, -0.1) is 0 Å². The second-order valence-electron chi connectivity index (χ2n) is 8.64. The monoisotopic (exact) mass is 606 g/mol. The maximum Gasteiger partial charge on any atom is 0.499 e. The number of para-hydroxylation sites is 1. The van der Waals surface area contributed by atoms with Crippen molar-refractivity contribution in [2.75, 3.05) is 5.01 Å². The smallest absolute Gasteiger partial charge is 0.426 e. The molecule has 0 aliphatic heterocycles. The lowest BCUT2D eigenvalue weighted by atomic mass is 9.89. The number of hydrazone groups is 1. The molecule has 0 saturated heterocycles. The maximum absolute atomic E-state index is 12.9. The third-order valence-corrected chi connectivity index (χ3v) is 6.17. The molecule has 0 fully saturated rings. The van der Waals surface area contributed by atoms with Gasteiger partial charge < -0.3 is 10.5 Å². The molecule has 5 N–H and O–H groups in total. The molecule has 0 bridgehead atoms. The van der Waals surface area contributed by atoms with Crippen LogP contribution in [0.5, 0.6) is 5.75 Å². The molecule has 0 spiro atoms. The molecular formula is C26H29Cl2F5N6O. The predicted molar refractivity (Wildman–Crippen MR) is 150 cm³/mol. The van der Waals surface area contributed by atoms with Crippen LogP contribution in [-0.4, -0.2) is 24.0 Å². The minimum atomic E-state index is -5.79. The van der Waals surface area contributed by atoms with Gasteiger partial charge in [0.1, 0.15) is 11.4 Å². The zero-order valence-electron chi connectivity index (χ0n) is 21.7. The van der Waals surface area contributed by atoms with Gasteiger partial charge >= 0.3 is 12.3 Å². The summed E-state index contributed by atoms with van der Waals surface area (Å²) in [5.74, 6) is 5.12. The molecule has 1 atom stereocenters. The Balaban J connectivity index is 0.000000360. The Bertz CT molecular complexity index is 1230. The zero-order valence-corrected chi connectivity index (χ0v) is 23.2. The summed E-state index contributed by atoms with van der Waals surface area (Å²) >= 11 is 11.6. The molecule has 218 valence electrons. The number of nitrogens with one attached hydrogen (secondary N) is 1. The van der Waals surface area contributed by atoms with E-state index in [1.807, 2.05) is 6.92 Å². The number of nitrogens with two attached hydrogens (primary N) is 2. The maximum atomic E-state index is 12.9. The molecule has 3 rings (SSSR count). The molecule has 40 heavy (non-hydrogen) atoms. The van der Waals surface area contributed by atoms with E-state index in [9.17, 15) is 22.0 Å². The molecule has 0 radical (unpaired) electrons. The van der Waals surface area contributed by atoms with Crippen LogP contribution >= 0.6 is 23.2 Å². The lowest BCUT2D eigenvalue weighted by Crippen LogP contribution is -2.41. The number of alkyl halides is 5. The van der Waals surface area contributed by atoms with E-state index < -0.39 is 18.0 Å². The highest BCUT2D eigenvalue weighted by atomic mass is 35.5. The molecular weight excluding hydrogens is 578 g/mol. The number of nitrogens with zero attached hydrogens (tertiary/aromatic N) is 3. The second-order valence-corrected chi connectivity index (χ2v) is 9.46. The van der Waals surface area contributed by atoms with Crippen LogP contribution in [0, 0.1) is 5.92 Å². The number of hydrogen-bond acceptors (Lipinski definition) is 5. The van der Waals surface area contributed by atoms with Gasteiger partial charge in [-0.3, -0.25) is 5.43 Å². The summed E-state index contributed by atoms with van der Waals surface area (Å²) in [5.41, 5.74) is 10.3. The van der Waals surface area contributed by atoms with E-state index in [4.69, 9.17) is 34.8 Å². The van der Waals surface area contributed by atoms with Gasteiger partial charge in [0.05, 0.1) is 21.4 Å². The van der Waals surface area contributed by atoms with E-state index in [0.29, 0.717) is 27.3 Å². The van der Waals surface area contributed by atoms with Crippen molar-refractivity contribution in [3.63, 3.8) is 0 Å². The van der Waals surface area contributed by atoms with Crippen molar-refractivity contribution in [2.45, 2.75) is 45.4 Å². The highest BCUT2D eigenvalue weighted by Gasteiger charge is 2.61. The largest absolute Gasteiger partial charge is 0.499 e. The van der Waals surface area contributed by atoms with Gasteiger partial charge in [0.25, 0.3) is 0 Å². The fraction of sp³-hybridized carbons (Fsp3) is 0.308. The minimum Gasteiger partial charge on any atom is -0.426 e. The van der Waals surface area contributed by atoms with Crippen LogP contribution < -0.4 is 26.7 Å². The number of aliphatic imine (C=N–C) groups is 1. The van der Waals surface area contributed by atoms with Gasteiger partial charge in [-0.05, 0) is 74.1 Å². The standard InChI is InChI=1S/C19H21F5N2O.C7H8Cl2N4/c1-4-26(25-14(3)15-7-5-13(2)6-8-15)16-9-11-17(12-10-16)27-19(23,24)18(20,21)22;8-4-2-1-3-5(9)6(4)12-7(10)13-11/h4,7,9-13H,1,5-6,8H2,2-3H3;1-3H,11H2,(H3,10,12,13)/b25-14+;. The van der Waals surface area contributed by atoms with Gasteiger partial charge in [-0.1, -0.05) is 48.8 Å². The third kappa shape index (κ3) is 9.39. The Morgan fingerprint density at radius 3 is 2.20 bits per heavy atom. The second kappa shape index (κ2) is 14.3. The Morgan fingerprint density at radius 2 is 1.73 bits per heavy atom. The van der Waals surface area contributed by atoms with Crippen molar-refractivity contribution in [3.05, 3.63) is 76.9 Å². The van der Waals surface area contributed by atoms with Crippen LogP contribution in [0.15, 0.2) is 77.0 Å². The molecule has 2 aromatic rings. The van der Waals surface area contributed by atoms with Gasteiger partial charge in [0.2, 0.25) is 5.96 Å². The van der Waals surface area contributed by atoms with Crippen molar-refractivity contribution >= 4 is 46.2 Å². The van der Waals surface area contributed by atoms with Crippen LogP contribution in [-0.2, 0) is 0 Å². The van der Waals surface area contributed by atoms with E-state index in [1.54, 1.807) is 18.2 Å². The fourth-order valence-electron chi connectivity index (χ4n) is 3.35. The first-order valence-corrected chi connectivity index (χ1v) is 12.6. The zero-order chi connectivity index (χ0) is 30.1. The fourth-order valence-corrected chi connectivity index (χ4v) is 3.83. The van der Waals surface area contributed by atoms with Gasteiger partial charge in [0, 0.05) is 6.20 Å². The summed E-state index contributed by atoms with van der Waals surface area (Å²) in [5, 5.41) is 6.73. The summed E-state index contributed by atoms with van der Waals surface area (Å²) in [7, 11) is 0. The third-order valence-electron chi connectivity index (χ3n) is 5.56. The molecule has 1 aliphatic carbocycles. The van der Waals surface area contributed by atoms with Crippen molar-refractivity contribution in [3.8, 4) is 5.75 Å². The van der Waals surface area contributed by atoms with Crippen molar-refractivity contribution in [1.82, 2.24) is 5.43 Å². The normalized spacial score (nSPS) is 16.4. The number of hydrazine groups is 1. The SMILES string of the molecule is C=CN(/N=C(\C)C1=CCC(C)CC1)c1ccc(OC(F)(F)C(F)(F)F)cc1.NNC(N)=Nc1c(Cl)cccc1Cl. The summed E-state index contributed by atoms with van der Waals surface area (Å²) in [4.78, 5) is 3.87. The molecule has 0 aromatic heterocycles. The number of hydrogen-bond donors (Lipinski definition) is 3. The lowest BCUT2D eigenvalue weighted by Gasteiger charge is -2.22. The summed E-state index contributed by atoms with van der Waals surface area (Å²) in [6, 6.07) is 9.76. The number of allylic oxidation sites excluding steroid dienone is 2. The number of benzene rings is 2. The average Bonchev–Trinajstić information content (AvgIpc) is 2.89. The van der Waals surface area contributed by atoms with E-state index in [1.165, 1.54) is 23.3 Å². The molecule has 0 saturated carbocycles. The van der Waals surface area contributed by atoms with Crippen LogP contribution in [0.3, 0.4) is 0 Å². The number of anilines is 1. The van der Waals surface area contributed by atoms with Crippen molar-refractivity contribution in [1.29, 1.82) is 0 Å². The molecule has 14 heteroatoms. The number of rotatable bonds is 7. The highest BCUT2D eigenvalue weighted by Crippen LogP contribution is 2.37. The molecule has 0 amide bonds. The van der Waals surface area contributed by atoms with Crippen LogP contribution in [0.2, 0.25) is 10.0 Å². The van der Waals surface area contributed by atoms with Gasteiger partial charge in [0.15, 0.2) is 0 Å². The van der Waals surface area contributed by atoms with E-state index in [2.05, 4.69) is 39.8 Å². The summed E-state index contributed by atoms with van der Waals surface area (Å²) < 4.78 is 66.3. The summed E-state index contributed by atoms with van der Waals surface area (Å²) in [6.45, 7) is 7.70. The Hall–Kier alpha value is -3.35. The molecule has 2 aromatic carbocycles. The first-order valence-electron chi connectivity index (χ1n) is 11.8. The van der Waals surface area contributed by atoms with Crippen LogP contribution in [0.4, 0.5) is 33.3 Å². The Labute approximate surface area is 238 Å². The average molecular weight is 607 g/mol. The number of ether oxygens (including phenoxy) is 1. The Morgan fingerprint density at radius 1 is 1.12 bits per heavy atom. The predicted octanol–water partition coefficient (Wildman–Crippen LogP) is 7.70.